The van der Waals surface area contributed by atoms with Gasteiger partial charge in [-0.3, -0.25) is 9.58 Å². The second kappa shape index (κ2) is 15.6. The number of amides is 2. The zero-order valence-corrected chi connectivity index (χ0v) is 24.0. The van der Waals surface area contributed by atoms with Crippen LogP contribution in [0.1, 0.15) is 43.2 Å². The highest BCUT2D eigenvalue weighted by Gasteiger charge is 2.25. The molecule has 4 rings (SSSR count). The minimum atomic E-state index is -0.127. The van der Waals surface area contributed by atoms with Crippen molar-refractivity contribution in [3.05, 3.63) is 109 Å². The number of rotatable bonds is 15. The van der Waals surface area contributed by atoms with Gasteiger partial charge >= 0.3 is 6.03 Å². The number of hydrogen-bond acceptors (Lipinski definition) is 6. The van der Waals surface area contributed by atoms with Crippen molar-refractivity contribution in [3.63, 3.8) is 0 Å². The van der Waals surface area contributed by atoms with Gasteiger partial charge in [-0.05, 0) is 74.1 Å². The van der Waals surface area contributed by atoms with Crippen molar-refractivity contribution in [3.8, 4) is 6.07 Å². The third-order valence-electron chi connectivity index (χ3n) is 6.87. The summed E-state index contributed by atoms with van der Waals surface area (Å²) in [6.07, 6.45) is 9.65. The second-order valence-corrected chi connectivity index (χ2v) is 10.0. The van der Waals surface area contributed by atoms with E-state index < -0.39 is 0 Å². The van der Waals surface area contributed by atoms with Gasteiger partial charge in [-0.15, -0.1) is 6.58 Å². The molecule has 0 spiro atoms. The molecule has 216 valence electrons. The maximum absolute atomic E-state index is 13.7. The summed E-state index contributed by atoms with van der Waals surface area (Å²) in [5.41, 5.74) is 3.32. The van der Waals surface area contributed by atoms with E-state index in [-0.39, 0.29) is 12.1 Å². The summed E-state index contributed by atoms with van der Waals surface area (Å²) >= 11 is 0. The first-order valence-electron chi connectivity index (χ1n) is 14.2. The Kier molecular flexibility index (Phi) is 11.1. The fourth-order valence-corrected chi connectivity index (χ4v) is 4.69. The van der Waals surface area contributed by atoms with Gasteiger partial charge in [0.05, 0.1) is 5.56 Å². The van der Waals surface area contributed by atoms with Crippen LogP contribution in [0.5, 0.6) is 0 Å². The zero-order valence-electron chi connectivity index (χ0n) is 24.0. The molecule has 2 aromatic heterocycles. The number of benzene rings is 2. The first-order chi connectivity index (χ1) is 20.6. The van der Waals surface area contributed by atoms with Crippen LogP contribution < -0.4 is 20.9 Å². The Morgan fingerprint density at radius 1 is 1.05 bits per heavy atom. The molecule has 0 saturated carbocycles. The van der Waals surface area contributed by atoms with E-state index in [0.29, 0.717) is 12.1 Å². The number of urea groups is 1. The molecule has 0 aliphatic heterocycles. The molecule has 4 aromatic rings. The van der Waals surface area contributed by atoms with Gasteiger partial charge in [-0.25, -0.2) is 9.78 Å². The zero-order chi connectivity index (χ0) is 29.6. The minimum absolute atomic E-state index is 0.0126. The first kappa shape index (κ1) is 29.9. The van der Waals surface area contributed by atoms with E-state index in [0.717, 1.165) is 67.2 Å². The molecule has 0 aliphatic carbocycles. The second-order valence-electron chi connectivity index (χ2n) is 10.0. The lowest BCUT2D eigenvalue weighted by atomic mass is 10.0. The van der Waals surface area contributed by atoms with Crippen LogP contribution in [0.4, 0.5) is 27.8 Å². The van der Waals surface area contributed by atoms with Crippen LogP contribution >= 0.6 is 0 Å². The molecule has 2 aromatic carbocycles. The highest BCUT2D eigenvalue weighted by atomic mass is 16.2. The molecule has 0 radical (unpaired) electrons. The van der Waals surface area contributed by atoms with Crippen molar-refractivity contribution in [1.82, 2.24) is 20.1 Å². The molecule has 3 N–H and O–H groups in total. The summed E-state index contributed by atoms with van der Waals surface area (Å²) in [5, 5.41) is 23.1. The smallest absolute Gasteiger partial charge is 0.322 e. The molecule has 0 fully saturated rings. The number of carbonyl (C=O) groups excluding carboxylic acids is 1. The van der Waals surface area contributed by atoms with Crippen molar-refractivity contribution in [2.45, 2.75) is 44.7 Å². The number of aryl methyl sites for hydroxylation is 1. The number of anilines is 4. The Morgan fingerprint density at radius 3 is 2.52 bits per heavy atom. The van der Waals surface area contributed by atoms with E-state index in [4.69, 9.17) is 5.26 Å². The van der Waals surface area contributed by atoms with Crippen molar-refractivity contribution in [2.75, 3.05) is 22.1 Å². The van der Waals surface area contributed by atoms with E-state index in [9.17, 15) is 4.79 Å². The number of allylic oxidation sites excluding steroid dienone is 1. The molecule has 0 saturated heterocycles. The highest BCUT2D eigenvalue weighted by Crippen LogP contribution is 2.26. The number of pyridine rings is 1. The Bertz CT molecular complexity index is 1440. The summed E-state index contributed by atoms with van der Waals surface area (Å²) in [6.45, 7) is 5.12. The number of aromatic nitrogens is 3. The van der Waals surface area contributed by atoms with Gasteiger partial charge in [-0.2, -0.15) is 10.4 Å². The molecule has 9 nitrogen and oxygen atoms in total. The largest absolute Gasteiger partial charge is 0.370 e. The van der Waals surface area contributed by atoms with Gasteiger partial charge in [0.15, 0.2) is 5.82 Å². The number of nitrogens with zero attached hydrogens (tertiary/aromatic N) is 5. The Balaban J connectivity index is 1.45. The van der Waals surface area contributed by atoms with Crippen LogP contribution in [0.3, 0.4) is 0 Å². The lowest BCUT2D eigenvalue weighted by Crippen LogP contribution is -2.46. The molecule has 2 amide bonds. The quantitative estimate of drug-likeness (QED) is 0.109. The molecule has 0 aliphatic rings. The molecule has 0 bridgehead atoms. The van der Waals surface area contributed by atoms with Gasteiger partial charge < -0.3 is 16.0 Å². The fraction of sp³-hybridized carbons (Fsp3) is 0.273. The van der Waals surface area contributed by atoms with Crippen LogP contribution in [0.2, 0.25) is 0 Å². The number of unbranched alkanes of at least 4 members (excludes halogenated alkanes) is 1. The average molecular weight is 563 g/mol. The van der Waals surface area contributed by atoms with Gasteiger partial charge in [0.25, 0.3) is 0 Å². The molecular weight excluding hydrogens is 524 g/mol. The monoisotopic (exact) mass is 562 g/mol. The Labute approximate surface area is 247 Å². The lowest BCUT2D eigenvalue weighted by Gasteiger charge is -2.32. The predicted molar refractivity (Wildman–Crippen MR) is 169 cm³/mol. The predicted octanol–water partition coefficient (Wildman–Crippen LogP) is 6.76. The van der Waals surface area contributed by atoms with Crippen molar-refractivity contribution >= 4 is 29.0 Å². The molecule has 42 heavy (non-hydrogen) atoms. The van der Waals surface area contributed by atoms with E-state index in [1.54, 1.807) is 16.9 Å². The third kappa shape index (κ3) is 8.96. The van der Waals surface area contributed by atoms with Gasteiger partial charge in [0.1, 0.15) is 11.9 Å². The van der Waals surface area contributed by atoms with Gasteiger partial charge in [-0.1, -0.05) is 36.4 Å². The standard InChI is InChI=1S/C33H38N8O/c1-3-4-12-29(13-8-9-21-35-31-19-14-27(23-34)25-36-31)41(33(42)37-24-26-10-6-5-7-11-26)30-17-15-28(16-18-30)38-32-20-22-40(2)39-32/h3,5-7,10-11,14-20,22,25,29H,1,4,8-9,12-13,21,24H2,2H3,(H,35,36)(H,37,42)(H,38,39). The summed E-state index contributed by atoms with van der Waals surface area (Å²) in [7, 11) is 1.88. The topological polar surface area (TPSA) is 111 Å². The molecular formula is C33H38N8O. The Hall–Kier alpha value is -5.10. The fourth-order valence-electron chi connectivity index (χ4n) is 4.69. The number of nitriles is 1. The minimum Gasteiger partial charge on any atom is -0.370 e. The van der Waals surface area contributed by atoms with Crippen LogP contribution in [0.25, 0.3) is 0 Å². The van der Waals surface area contributed by atoms with Crippen molar-refractivity contribution in [1.29, 1.82) is 5.26 Å². The molecule has 1 atom stereocenters. The number of carbonyl (C=O) groups is 1. The average Bonchev–Trinajstić information content (AvgIpc) is 3.44. The van der Waals surface area contributed by atoms with Crippen LogP contribution in [-0.4, -0.2) is 33.4 Å². The van der Waals surface area contributed by atoms with Crippen LogP contribution in [0, 0.1) is 11.3 Å². The van der Waals surface area contributed by atoms with Crippen LogP contribution in [-0.2, 0) is 13.6 Å². The van der Waals surface area contributed by atoms with E-state index in [1.807, 2.05) is 91.0 Å². The number of nitrogens with one attached hydrogen (secondary N) is 3. The molecule has 9 heteroatoms. The highest BCUT2D eigenvalue weighted by molar-refractivity contribution is 5.92. The molecule has 1 unspecified atom stereocenters. The summed E-state index contributed by atoms with van der Waals surface area (Å²) in [4.78, 5) is 19.9. The lowest BCUT2D eigenvalue weighted by molar-refractivity contribution is 0.242. The maximum Gasteiger partial charge on any atom is 0.322 e. The first-order valence-corrected chi connectivity index (χ1v) is 14.2. The van der Waals surface area contributed by atoms with Crippen molar-refractivity contribution < 1.29 is 4.79 Å². The SMILES string of the molecule is C=CCCC(CCCCNc1ccc(C#N)cn1)N(C(=O)NCc1ccccc1)c1ccc(Nc2ccn(C)n2)cc1. The summed E-state index contributed by atoms with van der Waals surface area (Å²) in [6, 6.07) is 25.3. The Morgan fingerprint density at radius 2 is 1.86 bits per heavy atom. The maximum atomic E-state index is 13.7. The van der Waals surface area contributed by atoms with E-state index in [2.05, 4.69) is 38.7 Å². The normalized spacial score (nSPS) is 11.2. The number of hydrogen-bond donors (Lipinski definition) is 3. The summed E-state index contributed by atoms with van der Waals surface area (Å²) in [5.74, 6) is 1.51. The van der Waals surface area contributed by atoms with Crippen LogP contribution in [0.15, 0.2) is 97.8 Å². The van der Waals surface area contributed by atoms with Crippen molar-refractivity contribution in [2.24, 2.45) is 7.05 Å². The van der Waals surface area contributed by atoms with Gasteiger partial charge in [0, 0.05) is 56.0 Å². The van der Waals surface area contributed by atoms with E-state index >= 15 is 0 Å². The van der Waals surface area contributed by atoms with E-state index in [1.165, 1.54) is 0 Å². The molecule has 2 heterocycles. The summed E-state index contributed by atoms with van der Waals surface area (Å²) < 4.78 is 1.75. The van der Waals surface area contributed by atoms with Gasteiger partial charge in [0.2, 0.25) is 0 Å². The third-order valence-corrected chi connectivity index (χ3v) is 6.87.